The summed E-state index contributed by atoms with van der Waals surface area (Å²) in [4.78, 5) is 4.20. The molecule has 0 saturated heterocycles. The molecule has 0 fully saturated rings. The molecule has 2 nitrogen and oxygen atoms in total. The third-order valence-corrected chi connectivity index (χ3v) is 3.58. The average molecular weight is 309 g/mol. The maximum absolute atomic E-state index is 8.70. The molecule has 0 atom stereocenters. The number of nitriles is 1. The highest BCUT2D eigenvalue weighted by atomic mass is 79.9. The number of benzene rings is 2. The molecule has 3 aromatic rings. The Morgan fingerprint density at radius 1 is 1.11 bits per heavy atom. The summed E-state index contributed by atoms with van der Waals surface area (Å²) in [6, 6.07) is 12.3. The van der Waals surface area contributed by atoms with Gasteiger partial charge in [0, 0.05) is 28.3 Å². The third kappa shape index (κ3) is 2.11. The molecule has 0 N–H and O–H groups in total. The third-order valence-electron chi connectivity index (χ3n) is 3.09. The van der Waals surface area contributed by atoms with Gasteiger partial charge in [0.2, 0.25) is 0 Å². The van der Waals surface area contributed by atoms with Crippen molar-refractivity contribution in [1.82, 2.24) is 4.98 Å². The van der Waals surface area contributed by atoms with Crippen molar-refractivity contribution in [2.75, 3.05) is 0 Å². The number of aromatic nitrogens is 1. The minimum absolute atomic E-state index is 1.03. The summed E-state index contributed by atoms with van der Waals surface area (Å²) in [7, 11) is 0. The molecular formula is C16H9BrN2. The van der Waals surface area contributed by atoms with Gasteiger partial charge in [-0.15, -0.1) is 0 Å². The fourth-order valence-corrected chi connectivity index (χ4v) is 2.62. The van der Waals surface area contributed by atoms with E-state index in [4.69, 9.17) is 5.26 Å². The first-order valence-corrected chi connectivity index (χ1v) is 6.61. The largest absolute Gasteiger partial charge is 0.264 e. The minimum Gasteiger partial charge on any atom is -0.264 e. The maximum atomic E-state index is 8.70. The van der Waals surface area contributed by atoms with E-state index in [1.165, 1.54) is 6.08 Å². The van der Waals surface area contributed by atoms with Crippen LogP contribution in [0.25, 0.3) is 27.6 Å². The number of nitrogens with zero attached hydrogens (tertiary/aromatic N) is 2. The molecule has 1 aromatic heterocycles. The summed E-state index contributed by atoms with van der Waals surface area (Å²) in [5.41, 5.74) is 1.04. The van der Waals surface area contributed by atoms with Crippen molar-refractivity contribution in [1.29, 1.82) is 5.26 Å². The van der Waals surface area contributed by atoms with Gasteiger partial charge in [-0.25, -0.2) is 0 Å². The van der Waals surface area contributed by atoms with Gasteiger partial charge < -0.3 is 0 Å². The van der Waals surface area contributed by atoms with Crippen LogP contribution in [-0.4, -0.2) is 4.98 Å². The van der Waals surface area contributed by atoms with E-state index in [1.807, 2.05) is 30.5 Å². The summed E-state index contributed by atoms with van der Waals surface area (Å²) < 4.78 is 1.03. The van der Waals surface area contributed by atoms with Crippen LogP contribution in [-0.2, 0) is 0 Å². The molecule has 3 heteroatoms. The van der Waals surface area contributed by atoms with Gasteiger partial charge >= 0.3 is 0 Å². The Kier molecular flexibility index (Phi) is 3.02. The lowest BCUT2D eigenvalue weighted by Gasteiger charge is -2.07. The van der Waals surface area contributed by atoms with Crippen molar-refractivity contribution in [2.45, 2.75) is 0 Å². The van der Waals surface area contributed by atoms with E-state index in [0.717, 1.165) is 31.6 Å². The number of pyridine rings is 1. The highest BCUT2D eigenvalue weighted by Crippen LogP contribution is 2.31. The number of fused-ring (bicyclic) bond motifs is 3. The molecule has 0 amide bonds. The van der Waals surface area contributed by atoms with Gasteiger partial charge in [-0.2, -0.15) is 5.26 Å². The van der Waals surface area contributed by atoms with E-state index < -0.39 is 0 Å². The zero-order chi connectivity index (χ0) is 13.2. The topological polar surface area (TPSA) is 36.7 Å². The highest BCUT2D eigenvalue weighted by molar-refractivity contribution is 9.10. The van der Waals surface area contributed by atoms with E-state index >= 15 is 0 Å². The van der Waals surface area contributed by atoms with Crippen LogP contribution in [0, 0.1) is 11.3 Å². The summed E-state index contributed by atoms with van der Waals surface area (Å²) in [6.45, 7) is 0. The zero-order valence-electron chi connectivity index (χ0n) is 9.97. The quantitative estimate of drug-likeness (QED) is 0.483. The van der Waals surface area contributed by atoms with Crippen molar-refractivity contribution in [2.24, 2.45) is 0 Å². The second-order valence-electron chi connectivity index (χ2n) is 4.21. The molecule has 90 valence electrons. The molecule has 3 rings (SSSR count). The van der Waals surface area contributed by atoms with Gasteiger partial charge in [-0.05, 0) is 52.1 Å². The fraction of sp³-hybridized carbons (Fsp3) is 0. The Morgan fingerprint density at radius 2 is 2.00 bits per heavy atom. The average Bonchev–Trinajstić information content (AvgIpc) is 2.44. The van der Waals surface area contributed by atoms with Crippen molar-refractivity contribution in [3.05, 3.63) is 58.8 Å². The van der Waals surface area contributed by atoms with Gasteiger partial charge in [-0.3, -0.25) is 4.98 Å². The smallest absolute Gasteiger partial charge is 0.0912 e. The molecule has 2 aromatic carbocycles. The van der Waals surface area contributed by atoms with Crippen LogP contribution in [0.3, 0.4) is 0 Å². The normalized spacial score (nSPS) is 11.2. The number of rotatable bonds is 1. The van der Waals surface area contributed by atoms with Crippen LogP contribution in [0.2, 0.25) is 0 Å². The first kappa shape index (κ1) is 11.9. The number of allylic oxidation sites excluding steroid dienone is 1. The standard InChI is InChI=1S/C16H9BrN2/c17-13-3-4-14-11(2-1-6-18)8-12-5-7-19-10-16(12)15(14)9-13/h1-5,7-10H. The molecule has 0 saturated carbocycles. The van der Waals surface area contributed by atoms with E-state index in [0.29, 0.717) is 0 Å². The molecule has 0 bridgehead atoms. The molecule has 0 spiro atoms. The van der Waals surface area contributed by atoms with Gasteiger partial charge in [0.05, 0.1) is 6.07 Å². The molecule has 0 aliphatic heterocycles. The van der Waals surface area contributed by atoms with Gasteiger partial charge in [0.1, 0.15) is 0 Å². The highest BCUT2D eigenvalue weighted by Gasteiger charge is 2.05. The molecule has 0 aliphatic rings. The first-order chi connectivity index (χ1) is 9.29. The molecular weight excluding hydrogens is 300 g/mol. The number of hydrogen-bond donors (Lipinski definition) is 0. The van der Waals surface area contributed by atoms with E-state index in [9.17, 15) is 0 Å². The Hall–Kier alpha value is -2.18. The number of hydrogen-bond acceptors (Lipinski definition) is 2. The predicted octanol–water partition coefficient (Wildman–Crippen LogP) is 4.69. The van der Waals surface area contributed by atoms with Crippen LogP contribution in [0.4, 0.5) is 0 Å². The first-order valence-electron chi connectivity index (χ1n) is 5.82. The van der Waals surface area contributed by atoms with Gasteiger partial charge in [-0.1, -0.05) is 22.0 Å². The molecule has 0 aliphatic carbocycles. The fourth-order valence-electron chi connectivity index (χ4n) is 2.26. The van der Waals surface area contributed by atoms with Crippen LogP contribution < -0.4 is 0 Å². The lowest BCUT2D eigenvalue weighted by Crippen LogP contribution is -1.84. The van der Waals surface area contributed by atoms with Crippen molar-refractivity contribution >= 4 is 43.6 Å². The second kappa shape index (κ2) is 4.83. The summed E-state index contributed by atoms with van der Waals surface area (Å²) in [5, 5.41) is 13.2. The molecule has 1 heterocycles. The van der Waals surface area contributed by atoms with E-state index in [2.05, 4.69) is 39.1 Å². The van der Waals surface area contributed by atoms with Crippen LogP contribution in [0.15, 0.2) is 53.3 Å². The van der Waals surface area contributed by atoms with Crippen molar-refractivity contribution < 1.29 is 0 Å². The van der Waals surface area contributed by atoms with Gasteiger partial charge in [0.15, 0.2) is 0 Å². The van der Waals surface area contributed by atoms with Crippen molar-refractivity contribution in [3.63, 3.8) is 0 Å². The zero-order valence-corrected chi connectivity index (χ0v) is 11.6. The SMILES string of the molecule is N#CC=Cc1cc2ccncc2c2cc(Br)ccc12. The van der Waals surface area contributed by atoms with Crippen molar-refractivity contribution in [3.8, 4) is 6.07 Å². The summed E-state index contributed by atoms with van der Waals surface area (Å²) >= 11 is 3.50. The number of halogens is 1. The molecule has 0 unspecified atom stereocenters. The summed E-state index contributed by atoms with van der Waals surface area (Å²) in [6.07, 6.45) is 7.01. The van der Waals surface area contributed by atoms with Crippen LogP contribution >= 0.6 is 15.9 Å². The molecule has 19 heavy (non-hydrogen) atoms. The second-order valence-corrected chi connectivity index (χ2v) is 5.13. The van der Waals surface area contributed by atoms with E-state index in [1.54, 1.807) is 6.20 Å². The van der Waals surface area contributed by atoms with E-state index in [-0.39, 0.29) is 0 Å². The predicted molar refractivity (Wildman–Crippen MR) is 81.6 cm³/mol. The Bertz CT molecular complexity index is 844. The van der Waals surface area contributed by atoms with Crippen LogP contribution in [0.1, 0.15) is 5.56 Å². The summed E-state index contributed by atoms with van der Waals surface area (Å²) in [5.74, 6) is 0. The monoisotopic (exact) mass is 308 g/mol. The maximum Gasteiger partial charge on any atom is 0.0912 e. The Labute approximate surface area is 119 Å². The Balaban J connectivity index is 2.48. The lowest BCUT2D eigenvalue weighted by atomic mass is 9.98. The molecule has 0 radical (unpaired) electrons. The van der Waals surface area contributed by atoms with Crippen LogP contribution in [0.5, 0.6) is 0 Å². The lowest BCUT2D eigenvalue weighted by molar-refractivity contribution is 1.37. The Morgan fingerprint density at radius 3 is 2.84 bits per heavy atom. The van der Waals surface area contributed by atoms with Gasteiger partial charge in [0.25, 0.3) is 0 Å². The minimum atomic E-state index is 1.03.